The number of fused-ring (bicyclic) bond motifs is 1. The van der Waals surface area contributed by atoms with Crippen LogP contribution in [0.2, 0.25) is 5.02 Å². The summed E-state index contributed by atoms with van der Waals surface area (Å²) in [6.07, 6.45) is 4.09. The van der Waals surface area contributed by atoms with Crippen LogP contribution < -0.4 is 0 Å². The molecule has 0 spiro atoms. The molecule has 1 aromatic heterocycles. The molecule has 1 aliphatic rings. The van der Waals surface area contributed by atoms with Crippen molar-refractivity contribution in [2.75, 3.05) is 0 Å². The fourth-order valence-corrected chi connectivity index (χ4v) is 3.78. The Balaban J connectivity index is 2.06. The summed E-state index contributed by atoms with van der Waals surface area (Å²) in [6.45, 7) is 4.36. The number of benzene rings is 1. The van der Waals surface area contributed by atoms with Gasteiger partial charge in [0.25, 0.3) is 0 Å². The first-order valence-electron chi connectivity index (χ1n) is 7.42. The highest BCUT2D eigenvalue weighted by atomic mass is 35.5. The lowest BCUT2D eigenvalue weighted by molar-refractivity contribution is -0.0862. The normalized spacial score (nSPS) is 27.4. The molecule has 0 radical (unpaired) electrons. The first-order chi connectivity index (χ1) is 9.50. The van der Waals surface area contributed by atoms with Crippen molar-refractivity contribution in [3.63, 3.8) is 0 Å². The van der Waals surface area contributed by atoms with Gasteiger partial charge in [0.05, 0.1) is 0 Å². The summed E-state index contributed by atoms with van der Waals surface area (Å²) >= 11 is 6.02. The van der Waals surface area contributed by atoms with E-state index in [0.29, 0.717) is 16.7 Å². The third kappa shape index (κ3) is 2.25. The summed E-state index contributed by atoms with van der Waals surface area (Å²) in [7, 11) is 0. The standard InChI is InChI=1S/C17H21ClO2/c1-11(2)14-5-3-4-8-17(14,19)16-10-12-9-13(18)6-7-15(12)20-16/h6-7,9-11,14,19H,3-5,8H2,1-2H3. The average molecular weight is 293 g/mol. The van der Waals surface area contributed by atoms with Gasteiger partial charge in [0.15, 0.2) is 0 Å². The minimum Gasteiger partial charge on any atom is -0.458 e. The zero-order valence-corrected chi connectivity index (χ0v) is 12.8. The van der Waals surface area contributed by atoms with Crippen molar-refractivity contribution in [1.29, 1.82) is 0 Å². The summed E-state index contributed by atoms with van der Waals surface area (Å²) in [5.74, 6) is 1.40. The van der Waals surface area contributed by atoms with Crippen LogP contribution in [0.5, 0.6) is 0 Å². The predicted octanol–water partition coefficient (Wildman–Crippen LogP) is 5.12. The number of furan rings is 1. The molecular formula is C17H21ClO2. The molecule has 1 heterocycles. The Hall–Kier alpha value is -0.990. The minimum absolute atomic E-state index is 0.257. The van der Waals surface area contributed by atoms with Crippen molar-refractivity contribution in [1.82, 2.24) is 0 Å². The van der Waals surface area contributed by atoms with Crippen LogP contribution >= 0.6 is 11.6 Å². The molecule has 1 N–H and O–H groups in total. The van der Waals surface area contributed by atoms with Crippen LogP contribution in [0.25, 0.3) is 11.0 Å². The smallest absolute Gasteiger partial charge is 0.137 e. The van der Waals surface area contributed by atoms with Crippen molar-refractivity contribution < 1.29 is 9.52 Å². The van der Waals surface area contributed by atoms with Crippen LogP contribution in [0, 0.1) is 11.8 Å². The highest BCUT2D eigenvalue weighted by Gasteiger charge is 2.44. The van der Waals surface area contributed by atoms with Crippen molar-refractivity contribution in [2.24, 2.45) is 11.8 Å². The molecular weight excluding hydrogens is 272 g/mol. The first kappa shape index (κ1) is 14.0. The molecule has 2 nitrogen and oxygen atoms in total. The molecule has 0 aliphatic heterocycles. The van der Waals surface area contributed by atoms with Crippen LogP contribution in [-0.4, -0.2) is 5.11 Å². The Labute approximate surface area is 124 Å². The molecule has 0 bridgehead atoms. The largest absolute Gasteiger partial charge is 0.458 e. The van der Waals surface area contributed by atoms with Gasteiger partial charge in [0.1, 0.15) is 16.9 Å². The maximum Gasteiger partial charge on any atom is 0.137 e. The number of hydrogen-bond donors (Lipinski definition) is 1. The number of hydrogen-bond acceptors (Lipinski definition) is 2. The second-order valence-corrected chi connectivity index (χ2v) is 6.75. The molecule has 2 unspecified atom stereocenters. The van der Waals surface area contributed by atoms with Crippen molar-refractivity contribution in [3.8, 4) is 0 Å². The van der Waals surface area contributed by atoms with Gasteiger partial charge in [-0.3, -0.25) is 0 Å². The SMILES string of the molecule is CC(C)C1CCCCC1(O)c1cc2cc(Cl)ccc2o1. The van der Waals surface area contributed by atoms with E-state index in [0.717, 1.165) is 30.2 Å². The molecule has 1 aromatic carbocycles. The van der Waals surface area contributed by atoms with Crippen LogP contribution in [0.1, 0.15) is 45.3 Å². The van der Waals surface area contributed by atoms with Gasteiger partial charge in [-0.05, 0) is 48.9 Å². The average Bonchev–Trinajstić information content (AvgIpc) is 2.82. The molecule has 3 heteroatoms. The molecule has 3 rings (SSSR count). The van der Waals surface area contributed by atoms with Crippen LogP contribution in [0.3, 0.4) is 0 Å². The van der Waals surface area contributed by atoms with E-state index in [1.165, 1.54) is 6.42 Å². The van der Waals surface area contributed by atoms with E-state index >= 15 is 0 Å². The lowest BCUT2D eigenvalue weighted by Crippen LogP contribution is -2.40. The van der Waals surface area contributed by atoms with E-state index in [4.69, 9.17) is 16.0 Å². The molecule has 2 aromatic rings. The van der Waals surface area contributed by atoms with E-state index in [-0.39, 0.29) is 5.92 Å². The first-order valence-corrected chi connectivity index (χ1v) is 7.80. The molecule has 0 amide bonds. The Morgan fingerprint density at radius 2 is 2.10 bits per heavy atom. The Bertz CT molecular complexity index is 616. The Kier molecular flexibility index (Phi) is 3.55. The number of rotatable bonds is 2. The van der Waals surface area contributed by atoms with Crippen molar-refractivity contribution >= 4 is 22.6 Å². The lowest BCUT2D eigenvalue weighted by Gasteiger charge is -2.40. The van der Waals surface area contributed by atoms with Gasteiger partial charge in [0.2, 0.25) is 0 Å². The third-order valence-electron chi connectivity index (χ3n) is 4.65. The molecule has 2 atom stereocenters. The van der Waals surface area contributed by atoms with E-state index in [2.05, 4.69) is 13.8 Å². The van der Waals surface area contributed by atoms with Gasteiger partial charge >= 0.3 is 0 Å². The van der Waals surface area contributed by atoms with Gasteiger partial charge in [-0.2, -0.15) is 0 Å². The molecule has 108 valence electrons. The van der Waals surface area contributed by atoms with Gasteiger partial charge < -0.3 is 9.52 Å². The summed E-state index contributed by atoms with van der Waals surface area (Å²) in [6, 6.07) is 7.54. The summed E-state index contributed by atoms with van der Waals surface area (Å²) in [5, 5.41) is 12.9. The second kappa shape index (κ2) is 5.09. The molecule has 0 saturated heterocycles. The predicted molar refractivity (Wildman–Crippen MR) is 81.9 cm³/mol. The summed E-state index contributed by atoms with van der Waals surface area (Å²) < 4.78 is 5.94. The molecule has 1 aliphatic carbocycles. The third-order valence-corrected chi connectivity index (χ3v) is 4.88. The van der Waals surface area contributed by atoms with Gasteiger partial charge in [-0.15, -0.1) is 0 Å². The second-order valence-electron chi connectivity index (χ2n) is 6.31. The zero-order chi connectivity index (χ0) is 14.3. The maximum atomic E-state index is 11.2. The lowest BCUT2D eigenvalue weighted by atomic mass is 9.69. The zero-order valence-electron chi connectivity index (χ0n) is 12.0. The van der Waals surface area contributed by atoms with Gasteiger partial charge in [0, 0.05) is 10.4 Å². The Morgan fingerprint density at radius 3 is 2.85 bits per heavy atom. The van der Waals surface area contributed by atoms with E-state index in [9.17, 15) is 5.11 Å². The van der Waals surface area contributed by atoms with Crippen LogP contribution in [0.15, 0.2) is 28.7 Å². The topological polar surface area (TPSA) is 33.4 Å². The number of halogens is 1. The summed E-state index contributed by atoms with van der Waals surface area (Å²) in [5.41, 5.74) is -0.0383. The van der Waals surface area contributed by atoms with Crippen molar-refractivity contribution in [2.45, 2.75) is 45.1 Å². The van der Waals surface area contributed by atoms with Gasteiger partial charge in [-0.1, -0.05) is 38.3 Å². The van der Waals surface area contributed by atoms with E-state index in [1.54, 1.807) is 0 Å². The fourth-order valence-electron chi connectivity index (χ4n) is 3.60. The number of aliphatic hydroxyl groups is 1. The monoisotopic (exact) mass is 292 g/mol. The Morgan fingerprint density at radius 1 is 1.30 bits per heavy atom. The molecule has 20 heavy (non-hydrogen) atoms. The van der Waals surface area contributed by atoms with Gasteiger partial charge in [-0.25, -0.2) is 0 Å². The quantitative estimate of drug-likeness (QED) is 0.833. The van der Waals surface area contributed by atoms with E-state index in [1.807, 2.05) is 24.3 Å². The fraction of sp³-hybridized carbons (Fsp3) is 0.529. The molecule has 1 fully saturated rings. The van der Waals surface area contributed by atoms with Crippen LogP contribution in [0.4, 0.5) is 0 Å². The summed E-state index contributed by atoms with van der Waals surface area (Å²) in [4.78, 5) is 0. The van der Waals surface area contributed by atoms with Crippen LogP contribution in [-0.2, 0) is 5.60 Å². The van der Waals surface area contributed by atoms with Crippen molar-refractivity contribution in [3.05, 3.63) is 35.0 Å². The molecule has 1 saturated carbocycles. The minimum atomic E-state index is -0.835. The maximum absolute atomic E-state index is 11.2. The van der Waals surface area contributed by atoms with E-state index < -0.39 is 5.60 Å². The highest BCUT2D eigenvalue weighted by molar-refractivity contribution is 6.31. The highest BCUT2D eigenvalue weighted by Crippen LogP contribution is 2.46.